The molecule has 0 spiro atoms. The van der Waals surface area contributed by atoms with E-state index >= 15 is 0 Å². The van der Waals surface area contributed by atoms with E-state index in [1.54, 1.807) is 42.3 Å². The fourth-order valence-corrected chi connectivity index (χ4v) is 4.18. The molecule has 0 bridgehead atoms. The highest BCUT2D eigenvalue weighted by Gasteiger charge is 2.29. The van der Waals surface area contributed by atoms with Crippen LogP contribution in [0.3, 0.4) is 0 Å². The number of nitrogens with one attached hydrogen (secondary N) is 2. The number of carbonyl (C=O) groups is 3. The van der Waals surface area contributed by atoms with Gasteiger partial charge in [-0.25, -0.2) is 4.39 Å². The molecule has 0 radical (unpaired) electrons. The van der Waals surface area contributed by atoms with Crippen molar-refractivity contribution in [3.05, 3.63) is 89.2 Å². The lowest BCUT2D eigenvalue weighted by molar-refractivity contribution is -0.136. The Balaban J connectivity index is 1.68. The number of carbonyl (C=O) groups excluding carboxylic acids is 2. The molecule has 1 heterocycles. The Hall–Kier alpha value is -4.50. The molecule has 1 aliphatic heterocycles. The number of hydrogen-bond donors (Lipinski definition) is 3. The van der Waals surface area contributed by atoms with Gasteiger partial charge < -0.3 is 25.5 Å². The summed E-state index contributed by atoms with van der Waals surface area (Å²) < 4.78 is 13.8. The van der Waals surface area contributed by atoms with E-state index in [1.807, 2.05) is 43.3 Å². The van der Waals surface area contributed by atoms with Gasteiger partial charge in [-0.05, 0) is 67.7 Å². The normalized spacial score (nSPS) is 13.7. The molecule has 0 aromatic heterocycles. The molecule has 3 aromatic carbocycles. The van der Waals surface area contributed by atoms with Gasteiger partial charge in [-0.1, -0.05) is 24.3 Å². The zero-order valence-corrected chi connectivity index (χ0v) is 21.4. The van der Waals surface area contributed by atoms with Gasteiger partial charge in [0.25, 0.3) is 5.91 Å². The van der Waals surface area contributed by atoms with Crippen molar-refractivity contribution in [1.82, 2.24) is 4.90 Å². The number of fused-ring (bicyclic) bond motifs is 1. The van der Waals surface area contributed by atoms with Crippen LogP contribution in [0.25, 0.3) is 11.3 Å². The lowest BCUT2D eigenvalue weighted by atomic mass is 9.98. The quantitative estimate of drug-likeness (QED) is 0.367. The van der Waals surface area contributed by atoms with Gasteiger partial charge in [0.1, 0.15) is 5.82 Å². The summed E-state index contributed by atoms with van der Waals surface area (Å²) in [5, 5.41) is 15.1. The molecule has 0 unspecified atom stereocenters. The van der Waals surface area contributed by atoms with E-state index in [0.717, 1.165) is 5.69 Å². The van der Waals surface area contributed by atoms with Crippen molar-refractivity contribution in [1.29, 1.82) is 0 Å². The van der Waals surface area contributed by atoms with Crippen LogP contribution in [0, 0.1) is 5.82 Å². The van der Waals surface area contributed by atoms with Gasteiger partial charge in [-0.3, -0.25) is 14.4 Å². The maximum atomic E-state index is 13.8. The minimum absolute atomic E-state index is 0.00451. The van der Waals surface area contributed by atoms with Crippen LogP contribution in [0.4, 0.5) is 21.5 Å². The van der Waals surface area contributed by atoms with Crippen molar-refractivity contribution < 1.29 is 23.9 Å². The first-order chi connectivity index (χ1) is 18.1. The standard InChI is InChI=1S/C29H29FN4O4/c1-33(2)15-14-25(35)34(3)22-11-9-21(10-12-22)31-28(19-6-4-18(5-7-19)16-26(36)37)27-23-13-8-20(30)17-24(23)32-29(27)38/h4-13,17,31H,14-16H2,1-3H3,(H,32,38)(H,36,37). The number of carboxylic acids is 1. The number of benzene rings is 3. The van der Waals surface area contributed by atoms with Crippen molar-refractivity contribution in [2.24, 2.45) is 0 Å². The summed E-state index contributed by atoms with van der Waals surface area (Å²) in [6.45, 7) is 0.651. The summed E-state index contributed by atoms with van der Waals surface area (Å²) in [6, 6.07) is 18.2. The number of halogens is 1. The maximum Gasteiger partial charge on any atom is 0.307 e. The summed E-state index contributed by atoms with van der Waals surface area (Å²) in [5.74, 6) is -1.79. The molecule has 4 rings (SSSR count). The van der Waals surface area contributed by atoms with Crippen LogP contribution in [0.1, 0.15) is 23.1 Å². The van der Waals surface area contributed by atoms with Gasteiger partial charge >= 0.3 is 5.97 Å². The van der Waals surface area contributed by atoms with Crippen molar-refractivity contribution >= 4 is 46.1 Å². The van der Waals surface area contributed by atoms with E-state index in [2.05, 4.69) is 10.6 Å². The zero-order chi connectivity index (χ0) is 27.4. The lowest BCUT2D eigenvalue weighted by Crippen LogP contribution is -2.29. The summed E-state index contributed by atoms with van der Waals surface area (Å²) >= 11 is 0. The first kappa shape index (κ1) is 26.6. The summed E-state index contributed by atoms with van der Waals surface area (Å²) in [5.41, 5.74) is 4.42. The van der Waals surface area contributed by atoms with E-state index in [9.17, 15) is 18.8 Å². The van der Waals surface area contributed by atoms with Gasteiger partial charge in [-0.2, -0.15) is 0 Å². The molecule has 1 aliphatic rings. The minimum Gasteiger partial charge on any atom is -0.481 e. The summed E-state index contributed by atoms with van der Waals surface area (Å²) in [6.07, 6.45) is 0.275. The van der Waals surface area contributed by atoms with Crippen LogP contribution in [0.5, 0.6) is 0 Å². The van der Waals surface area contributed by atoms with Crippen LogP contribution in [-0.2, 0) is 20.8 Å². The van der Waals surface area contributed by atoms with Crippen LogP contribution in [-0.4, -0.2) is 55.5 Å². The van der Waals surface area contributed by atoms with E-state index < -0.39 is 11.8 Å². The van der Waals surface area contributed by atoms with Crippen LogP contribution < -0.4 is 15.5 Å². The molecule has 3 aromatic rings. The fraction of sp³-hybridized carbons (Fsp3) is 0.207. The van der Waals surface area contributed by atoms with Crippen molar-refractivity contribution in [3.63, 3.8) is 0 Å². The third-order valence-electron chi connectivity index (χ3n) is 6.25. The van der Waals surface area contributed by atoms with Gasteiger partial charge in [0.05, 0.1) is 23.4 Å². The van der Waals surface area contributed by atoms with Crippen molar-refractivity contribution in [3.8, 4) is 0 Å². The summed E-state index contributed by atoms with van der Waals surface area (Å²) in [7, 11) is 5.56. The van der Waals surface area contributed by atoms with Gasteiger partial charge in [0, 0.05) is 37.0 Å². The van der Waals surface area contributed by atoms with Crippen LogP contribution in [0.2, 0.25) is 0 Å². The second-order valence-electron chi connectivity index (χ2n) is 9.34. The maximum absolute atomic E-state index is 13.8. The average Bonchev–Trinajstić information content (AvgIpc) is 3.20. The van der Waals surface area contributed by atoms with E-state index in [0.29, 0.717) is 52.3 Å². The Kier molecular flexibility index (Phi) is 7.87. The smallest absolute Gasteiger partial charge is 0.307 e. The number of anilines is 3. The molecule has 0 atom stereocenters. The molecule has 0 saturated carbocycles. The van der Waals surface area contributed by atoms with Gasteiger partial charge in [-0.15, -0.1) is 0 Å². The first-order valence-corrected chi connectivity index (χ1v) is 12.1. The van der Waals surface area contributed by atoms with Gasteiger partial charge in [0.2, 0.25) is 5.91 Å². The number of hydrogen-bond acceptors (Lipinski definition) is 5. The number of aliphatic carboxylic acids is 1. The largest absolute Gasteiger partial charge is 0.481 e. The molecule has 0 fully saturated rings. The van der Waals surface area contributed by atoms with Gasteiger partial charge in [0.15, 0.2) is 0 Å². The molecule has 0 saturated heterocycles. The zero-order valence-electron chi connectivity index (χ0n) is 21.4. The van der Waals surface area contributed by atoms with E-state index in [4.69, 9.17) is 5.11 Å². The second kappa shape index (κ2) is 11.3. The topological polar surface area (TPSA) is 102 Å². The van der Waals surface area contributed by atoms with Crippen LogP contribution >= 0.6 is 0 Å². The van der Waals surface area contributed by atoms with Crippen molar-refractivity contribution in [2.75, 3.05) is 43.2 Å². The van der Waals surface area contributed by atoms with Crippen molar-refractivity contribution in [2.45, 2.75) is 12.8 Å². The fourth-order valence-electron chi connectivity index (χ4n) is 4.18. The first-order valence-electron chi connectivity index (χ1n) is 12.1. The molecule has 38 heavy (non-hydrogen) atoms. The number of carboxylic acid groups (broad SMARTS) is 1. The number of amides is 2. The predicted octanol–water partition coefficient (Wildman–Crippen LogP) is 4.30. The lowest BCUT2D eigenvalue weighted by Gasteiger charge is -2.20. The Morgan fingerprint density at radius 1 is 0.974 bits per heavy atom. The highest BCUT2D eigenvalue weighted by atomic mass is 19.1. The molecule has 2 amide bonds. The molecular weight excluding hydrogens is 487 g/mol. The molecule has 3 N–H and O–H groups in total. The third-order valence-corrected chi connectivity index (χ3v) is 6.25. The molecular formula is C29H29FN4O4. The highest BCUT2D eigenvalue weighted by Crippen LogP contribution is 2.38. The Bertz CT molecular complexity index is 1400. The number of rotatable bonds is 9. The average molecular weight is 517 g/mol. The predicted molar refractivity (Wildman–Crippen MR) is 146 cm³/mol. The second-order valence-corrected chi connectivity index (χ2v) is 9.34. The van der Waals surface area contributed by atoms with Crippen LogP contribution in [0.15, 0.2) is 66.7 Å². The molecule has 0 aliphatic carbocycles. The Morgan fingerprint density at radius 3 is 2.29 bits per heavy atom. The third kappa shape index (κ3) is 6.07. The summed E-state index contributed by atoms with van der Waals surface area (Å²) in [4.78, 5) is 40.2. The molecule has 9 heteroatoms. The van der Waals surface area contributed by atoms with E-state index in [-0.39, 0.29) is 18.2 Å². The molecule has 8 nitrogen and oxygen atoms in total. The highest BCUT2D eigenvalue weighted by molar-refractivity contribution is 6.37. The Morgan fingerprint density at radius 2 is 1.66 bits per heavy atom. The SMILES string of the molecule is CN(C)CCC(=O)N(C)c1ccc(NC(=C2C(=O)Nc3cc(F)ccc32)c2ccc(CC(=O)O)cc2)cc1. The monoisotopic (exact) mass is 516 g/mol. The van der Waals surface area contributed by atoms with E-state index in [1.165, 1.54) is 12.1 Å². The molecule has 196 valence electrons. The number of nitrogens with zero attached hydrogens (tertiary/aromatic N) is 2. The Labute approximate surface area is 220 Å². The minimum atomic E-state index is -0.939.